The van der Waals surface area contributed by atoms with E-state index in [4.69, 9.17) is 28.0 Å². The summed E-state index contributed by atoms with van der Waals surface area (Å²) in [7, 11) is 0. The number of thioether (sulfide) groups is 1. The fraction of sp³-hybridized carbons (Fsp3) is 0.318. The van der Waals surface area contributed by atoms with Crippen molar-refractivity contribution in [2.45, 2.75) is 37.3 Å². The number of hydrogen-bond donors (Lipinski definition) is 1. The molecular weight excluding hydrogens is 498 g/mol. The van der Waals surface area contributed by atoms with Crippen LogP contribution in [0.5, 0.6) is 0 Å². The van der Waals surface area contributed by atoms with Crippen molar-refractivity contribution in [2.75, 3.05) is 6.54 Å². The van der Waals surface area contributed by atoms with E-state index < -0.39 is 18.2 Å². The van der Waals surface area contributed by atoms with Crippen LogP contribution < -0.4 is 5.32 Å². The van der Waals surface area contributed by atoms with Crippen LogP contribution in [0.4, 0.5) is 13.2 Å². The first-order valence-electron chi connectivity index (χ1n) is 9.90. The number of aryl methyl sites for hydroxylation is 1. The molecule has 174 valence electrons. The Kier molecular flexibility index (Phi) is 6.41. The Balaban J connectivity index is 1.59. The summed E-state index contributed by atoms with van der Waals surface area (Å²) in [4.78, 5) is 21.9. The third-order valence-electron chi connectivity index (χ3n) is 5.34. The van der Waals surface area contributed by atoms with Gasteiger partial charge in [-0.3, -0.25) is 9.79 Å². The number of hydrogen-bond acceptors (Lipinski definition) is 5. The summed E-state index contributed by atoms with van der Waals surface area (Å²) in [5.41, 5.74) is -1.45. The molecule has 0 fully saturated rings. The van der Waals surface area contributed by atoms with E-state index >= 15 is 0 Å². The molecule has 0 saturated heterocycles. The van der Waals surface area contributed by atoms with Crippen molar-refractivity contribution >= 4 is 51.8 Å². The van der Waals surface area contributed by atoms with Gasteiger partial charge in [0.1, 0.15) is 0 Å². The summed E-state index contributed by atoms with van der Waals surface area (Å²) >= 11 is 13.4. The zero-order valence-corrected chi connectivity index (χ0v) is 19.8. The predicted molar refractivity (Wildman–Crippen MR) is 124 cm³/mol. The molecule has 1 amide bonds. The van der Waals surface area contributed by atoms with Gasteiger partial charge in [-0.1, -0.05) is 53.1 Å². The number of halogens is 5. The normalized spacial score (nSPS) is 22.6. The van der Waals surface area contributed by atoms with E-state index in [9.17, 15) is 18.0 Å². The van der Waals surface area contributed by atoms with E-state index in [0.717, 1.165) is 0 Å². The van der Waals surface area contributed by atoms with Crippen LogP contribution in [0.1, 0.15) is 40.4 Å². The average molecular weight is 516 g/mol. The van der Waals surface area contributed by atoms with E-state index in [0.29, 0.717) is 33.7 Å². The number of carbonyl (C=O) groups is 1. The van der Waals surface area contributed by atoms with Crippen molar-refractivity contribution in [3.05, 3.63) is 68.7 Å². The molecule has 1 N–H and O–H groups in total. The lowest BCUT2D eigenvalue weighted by Gasteiger charge is -2.29. The minimum atomic E-state index is -4.78. The first-order chi connectivity index (χ1) is 15.5. The minimum Gasteiger partial charge on any atom is -0.374 e. The van der Waals surface area contributed by atoms with Gasteiger partial charge in [0.15, 0.2) is 5.17 Å². The van der Waals surface area contributed by atoms with Crippen LogP contribution in [0.25, 0.3) is 0 Å². The second-order valence-electron chi connectivity index (χ2n) is 7.85. The fourth-order valence-corrected chi connectivity index (χ4v) is 5.01. The molecule has 2 atom stereocenters. The lowest BCUT2D eigenvalue weighted by atomic mass is 9.86. The summed E-state index contributed by atoms with van der Waals surface area (Å²) in [5.74, 6) is -0.331. The molecule has 2 unspecified atom stereocenters. The highest BCUT2D eigenvalue weighted by molar-refractivity contribution is 8.14. The van der Waals surface area contributed by atoms with Crippen molar-refractivity contribution < 1.29 is 22.8 Å². The number of rotatable bonds is 3. The van der Waals surface area contributed by atoms with Crippen LogP contribution in [0.2, 0.25) is 10.0 Å². The van der Waals surface area contributed by atoms with E-state index in [-0.39, 0.29) is 27.2 Å². The Morgan fingerprint density at radius 3 is 2.48 bits per heavy atom. The Labute approximate surface area is 202 Å². The van der Waals surface area contributed by atoms with Gasteiger partial charge in [-0.05, 0) is 48.4 Å². The highest BCUT2D eigenvalue weighted by Crippen LogP contribution is 2.49. The van der Waals surface area contributed by atoms with Gasteiger partial charge >= 0.3 is 6.18 Å². The summed E-state index contributed by atoms with van der Waals surface area (Å²) in [6, 6.07) is 8.40. The second kappa shape index (κ2) is 8.85. The number of carbonyl (C=O) groups excluding carboxylic acids is 1. The van der Waals surface area contributed by atoms with Crippen LogP contribution in [0.3, 0.4) is 0 Å². The van der Waals surface area contributed by atoms with Crippen molar-refractivity contribution in [3.63, 3.8) is 0 Å². The molecule has 4 rings (SSSR count). The standard InChI is InChI=1S/C22H18Cl2F3N3O2S/c1-11-5-13(3-4-17(11)19(31)29-20-28-10-12(2)33-20)18-9-21(32-30-18,22(25,26)27)14-6-15(23)8-16(24)7-14/h3-8,12H,9-10H2,1-2H3,(H,28,29,31). The SMILES string of the molecule is Cc1cc(C2=NOC(c3cc(Cl)cc(Cl)c3)(C(F)(F)F)C2)ccc1C(=O)NC1=NCC(C)S1. The topological polar surface area (TPSA) is 63.0 Å². The number of alkyl halides is 3. The zero-order valence-electron chi connectivity index (χ0n) is 17.5. The molecule has 2 aliphatic rings. The highest BCUT2D eigenvalue weighted by Gasteiger charge is 2.62. The van der Waals surface area contributed by atoms with Gasteiger partial charge in [0.2, 0.25) is 0 Å². The number of amides is 1. The summed E-state index contributed by atoms with van der Waals surface area (Å²) in [6.07, 6.45) is -5.35. The van der Waals surface area contributed by atoms with Gasteiger partial charge in [-0.25, -0.2) is 0 Å². The summed E-state index contributed by atoms with van der Waals surface area (Å²) in [6.45, 7) is 4.35. The quantitative estimate of drug-likeness (QED) is 0.536. The maximum Gasteiger partial charge on any atom is 0.435 e. The Hall–Kier alpha value is -2.23. The van der Waals surface area contributed by atoms with E-state index in [1.54, 1.807) is 25.1 Å². The van der Waals surface area contributed by atoms with Gasteiger partial charge in [-0.2, -0.15) is 13.2 Å². The van der Waals surface area contributed by atoms with Crippen LogP contribution >= 0.6 is 35.0 Å². The average Bonchev–Trinajstić information content (AvgIpc) is 3.34. The van der Waals surface area contributed by atoms with Crippen molar-refractivity contribution in [1.29, 1.82) is 0 Å². The number of oxime groups is 1. The number of nitrogens with zero attached hydrogens (tertiary/aromatic N) is 2. The number of nitrogens with one attached hydrogen (secondary N) is 1. The van der Waals surface area contributed by atoms with Gasteiger partial charge in [-0.15, -0.1) is 0 Å². The van der Waals surface area contributed by atoms with Crippen LogP contribution in [0.15, 0.2) is 46.5 Å². The molecule has 0 bridgehead atoms. The molecule has 0 spiro atoms. The van der Waals surface area contributed by atoms with Gasteiger partial charge < -0.3 is 10.2 Å². The highest BCUT2D eigenvalue weighted by atomic mass is 35.5. The third-order valence-corrected chi connectivity index (χ3v) is 6.79. The van der Waals surface area contributed by atoms with Crippen LogP contribution in [-0.4, -0.2) is 34.8 Å². The molecule has 33 heavy (non-hydrogen) atoms. The van der Waals surface area contributed by atoms with Gasteiger partial charge in [0.25, 0.3) is 11.5 Å². The Morgan fingerprint density at radius 1 is 1.21 bits per heavy atom. The van der Waals surface area contributed by atoms with Crippen LogP contribution in [0, 0.1) is 6.92 Å². The lowest BCUT2D eigenvalue weighted by molar-refractivity contribution is -0.275. The first-order valence-corrected chi connectivity index (χ1v) is 11.5. The largest absolute Gasteiger partial charge is 0.435 e. The van der Waals surface area contributed by atoms with E-state index in [1.165, 1.54) is 30.0 Å². The van der Waals surface area contributed by atoms with Crippen LogP contribution in [-0.2, 0) is 10.4 Å². The fourth-order valence-electron chi connectivity index (χ4n) is 3.65. The molecule has 0 aromatic heterocycles. The Morgan fingerprint density at radius 2 is 1.91 bits per heavy atom. The van der Waals surface area contributed by atoms with E-state index in [2.05, 4.69) is 15.5 Å². The smallest absolute Gasteiger partial charge is 0.374 e. The molecule has 11 heteroatoms. The molecule has 0 aliphatic carbocycles. The summed E-state index contributed by atoms with van der Waals surface area (Å²) < 4.78 is 42.5. The molecule has 0 radical (unpaired) electrons. The molecule has 5 nitrogen and oxygen atoms in total. The minimum absolute atomic E-state index is 0.0591. The van der Waals surface area contributed by atoms with Gasteiger partial charge in [0.05, 0.1) is 12.3 Å². The van der Waals surface area contributed by atoms with Crippen molar-refractivity contribution in [2.24, 2.45) is 10.1 Å². The monoisotopic (exact) mass is 515 g/mol. The second-order valence-corrected chi connectivity index (χ2v) is 10.1. The molecular formula is C22H18Cl2F3N3O2S. The molecule has 2 aromatic rings. The maximum absolute atomic E-state index is 14.2. The predicted octanol–water partition coefficient (Wildman–Crippen LogP) is 6.11. The molecule has 0 saturated carbocycles. The maximum atomic E-state index is 14.2. The Bertz CT molecular complexity index is 1170. The molecule has 2 aromatic carbocycles. The lowest BCUT2D eigenvalue weighted by Crippen LogP contribution is -2.42. The zero-order chi connectivity index (χ0) is 24.0. The number of benzene rings is 2. The van der Waals surface area contributed by atoms with Gasteiger partial charge in [0, 0.05) is 32.8 Å². The molecule has 2 heterocycles. The molecule has 2 aliphatic heterocycles. The van der Waals surface area contributed by atoms with Crippen molar-refractivity contribution in [1.82, 2.24) is 5.32 Å². The first kappa shape index (κ1) is 23.9. The van der Waals surface area contributed by atoms with E-state index in [1.807, 2.05) is 6.92 Å². The third kappa shape index (κ3) is 4.72. The van der Waals surface area contributed by atoms with Crippen molar-refractivity contribution in [3.8, 4) is 0 Å². The number of amidine groups is 1. The number of aliphatic imine (C=N–C) groups is 1. The summed E-state index contributed by atoms with van der Waals surface area (Å²) in [5, 5.41) is 7.49.